The number of halogens is 2. The Labute approximate surface area is 97.9 Å². The fraction of sp³-hybridized carbons (Fsp3) is 0.400. The van der Waals surface area contributed by atoms with Crippen LogP contribution in [0.4, 0.5) is 20.2 Å². The van der Waals surface area contributed by atoms with Crippen LogP contribution in [0.2, 0.25) is 0 Å². The summed E-state index contributed by atoms with van der Waals surface area (Å²) in [6.45, 7) is 0.351. The minimum Gasteiger partial charge on any atom is -0.397 e. The van der Waals surface area contributed by atoms with Crippen molar-refractivity contribution >= 4 is 21.2 Å². The summed E-state index contributed by atoms with van der Waals surface area (Å²) >= 11 is 0. The number of anilines is 2. The van der Waals surface area contributed by atoms with Crippen molar-refractivity contribution in [3.63, 3.8) is 0 Å². The van der Waals surface area contributed by atoms with Crippen LogP contribution in [0, 0.1) is 11.6 Å². The zero-order valence-electron chi connectivity index (χ0n) is 8.99. The lowest BCUT2D eigenvalue weighted by Crippen LogP contribution is -2.41. The van der Waals surface area contributed by atoms with Crippen LogP contribution >= 0.6 is 0 Å². The standard InChI is InChI=1S/C10H12F2N2O2S/c11-7-5-8(12)10(9(13)6-7)14-1-3-17(15,16)4-2-14/h5-6H,1-4,13H2. The van der Waals surface area contributed by atoms with Crippen LogP contribution in [-0.4, -0.2) is 33.0 Å². The van der Waals surface area contributed by atoms with E-state index in [2.05, 4.69) is 0 Å². The van der Waals surface area contributed by atoms with Gasteiger partial charge in [-0.1, -0.05) is 0 Å². The number of nitrogens with two attached hydrogens (primary N) is 1. The van der Waals surface area contributed by atoms with Crippen molar-refractivity contribution in [1.29, 1.82) is 0 Å². The molecule has 2 rings (SSSR count). The Kier molecular flexibility index (Phi) is 2.94. The maximum atomic E-state index is 13.6. The fourth-order valence-electron chi connectivity index (χ4n) is 1.86. The maximum Gasteiger partial charge on any atom is 0.153 e. The van der Waals surface area contributed by atoms with Gasteiger partial charge in [0.25, 0.3) is 0 Å². The molecule has 1 heterocycles. The molecule has 4 nitrogen and oxygen atoms in total. The van der Waals surface area contributed by atoms with Crippen LogP contribution in [0.25, 0.3) is 0 Å². The van der Waals surface area contributed by atoms with E-state index in [9.17, 15) is 17.2 Å². The van der Waals surface area contributed by atoms with Gasteiger partial charge < -0.3 is 10.6 Å². The molecule has 0 aromatic heterocycles. The first-order valence-corrected chi connectivity index (χ1v) is 6.91. The van der Waals surface area contributed by atoms with Gasteiger partial charge in [0.2, 0.25) is 0 Å². The summed E-state index contributed by atoms with van der Waals surface area (Å²) in [5.74, 6) is -1.58. The number of nitrogen functional groups attached to an aromatic ring is 1. The third-order valence-electron chi connectivity index (χ3n) is 2.72. The second-order valence-corrected chi connectivity index (χ2v) is 6.27. The largest absolute Gasteiger partial charge is 0.397 e. The minimum absolute atomic E-state index is 0.0122. The zero-order chi connectivity index (χ0) is 12.6. The fourth-order valence-corrected chi connectivity index (χ4v) is 3.06. The Bertz CT molecular complexity index is 508. The van der Waals surface area contributed by atoms with E-state index in [1.54, 1.807) is 0 Å². The topological polar surface area (TPSA) is 63.4 Å². The van der Waals surface area contributed by atoms with E-state index in [1.807, 2.05) is 0 Å². The van der Waals surface area contributed by atoms with Crippen LogP contribution in [-0.2, 0) is 9.84 Å². The number of benzene rings is 1. The van der Waals surface area contributed by atoms with E-state index in [0.717, 1.165) is 12.1 Å². The highest BCUT2D eigenvalue weighted by Crippen LogP contribution is 2.29. The molecular weight excluding hydrogens is 250 g/mol. The van der Waals surface area contributed by atoms with Crippen molar-refractivity contribution in [3.05, 3.63) is 23.8 Å². The summed E-state index contributed by atoms with van der Waals surface area (Å²) in [5.41, 5.74) is 5.62. The van der Waals surface area contributed by atoms with Gasteiger partial charge in [-0.05, 0) is 6.07 Å². The first-order chi connectivity index (χ1) is 7.89. The molecule has 1 aromatic carbocycles. The lowest BCUT2D eigenvalue weighted by atomic mass is 10.2. The van der Waals surface area contributed by atoms with Crippen molar-refractivity contribution < 1.29 is 17.2 Å². The third-order valence-corrected chi connectivity index (χ3v) is 4.33. The van der Waals surface area contributed by atoms with Gasteiger partial charge in [-0.2, -0.15) is 0 Å². The molecule has 1 fully saturated rings. The van der Waals surface area contributed by atoms with E-state index < -0.39 is 21.5 Å². The predicted molar refractivity (Wildman–Crippen MR) is 61.6 cm³/mol. The molecule has 1 aromatic rings. The quantitative estimate of drug-likeness (QED) is 0.760. The summed E-state index contributed by atoms with van der Waals surface area (Å²) in [5, 5.41) is 0. The molecule has 0 unspecified atom stereocenters. The zero-order valence-corrected chi connectivity index (χ0v) is 9.80. The summed E-state index contributed by atoms with van der Waals surface area (Å²) in [7, 11) is -3.04. The Morgan fingerprint density at radius 1 is 1.18 bits per heavy atom. The van der Waals surface area contributed by atoms with Crippen LogP contribution in [0.5, 0.6) is 0 Å². The Balaban J connectivity index is 2.30. The predicted octanol–water partition coefficient (Wildman–Crippen LogP) is 0.782. The van der Waals surface area contributed by atoms with Gasteiger partial charge in [0.05, 0.1) is 22.9 Å². The minimum atomic E-state index is -3.04. The van der Waals surface area contributed by atoms with Crippen molar-refractivity contribution in [3.8, 4) is 0 Å². The number of hydrogen-bond donors (Lipinski definition) is 1. The lowest BCUT2D eigenvalue weighted by molar-refractivity contribution is 0.571. The van der Waals surface area contributed by atoms with Gasteiger partial charge in [0.15, 0.2) is 15.7 Å². The molecule has 0 bridgehead atoms. The molecule has 17 heavy (non-hydrogen) atoms. The first kappa shape index (κ1) is 12.1. The smallest absolute Gasteiger partial charge is 0.153 e. The van der Waals surface area contributed by atoms with Crippen LogP contribution in [0.3, 0.4) is 0 Å². The number of rotatable bonds is 1. The van der Waals surface area contributed by atoms with Crippen LogP contribution in [0.1, 0.15) is 0 Å². The molecule has 1 aliphatic rings. The third kappa shape index (κ3) is 2.49. The highest BCUT2D eigenvalue weighted by molar-refractivity contribution is 7.91. The van der Waals surface area contributed by atoms with Crippen molar-refractivity contribution in [2.24, 2.45) is 0 Å². The van der Waals surface area contributed by atoms with Crippen molar-refractivity contribution in [2.45, 2.75) is 0 Å². The normalized spacial score (nSPS) is 19.3. The molecule has 0 radical (unpaired) electrons. The maximum absolute atomic E-state index is 13.6. The highest BCUT2D eigenvalue weighted by atomic mass is 32.2. The summed E-state index contributed by atoms with van der Waals surface area (Å²) < 4.78 is 48.9. The molecule has 1 aliphatic heterocycles. The molecule has 0 spiro atoms. The van der Waals surface area contributed by atoms with Gasteiger partial charge >= 0.3 is 0 Å². The Morgan fingerprint density at radius 3 is 2.29 bits per heavy atom. The average Bonchev–Trinajstić information content (AvgIpc) is 2.19. The van der Waals surface area contributed by atoms with Gasteiger partial charge in [-0.15, -0.1) is 0 Å². The second-order valence-electron chi connectivity index (χ2n) is 3.96. The number of sulfone groups is 1. The van der Waals surface area contributed by atoms with Gasteiger partial charge in [-0.3, -0.25) is 0 Å². The van der Waals surface area contributed by atoms with Gasteiger partial charge in [0.1, 0.15) is 5.82 Å². The van der Waals surface area contributed by atoms with E-state index in [1.165, 1.54) is 4.90 Å². The first-order valence-electron chi connectivity index (χ1n) is 5.09. The van der Waals surface area contributed by atoms with Crippen molar-refractivity contribution in [2.75, 3.05) is 35.2 Å². The number of hydrogen-bond acceptors (Lipinski definition) is 4. The van der Waals surface area contributed by atoms with E-state index >= 15 is 0 Å². The van der Waals surface area contributed by atoms with Gasteiger partial charge in [0, 0.05) is 19.2 Å². The lowest BCUT2D eigenvalue weighted by Gasteiger charge is -2.29. The molecule has 0 amide bonds. The van der Waals surface area contributed by atoms with E-state index in [0.29, 0.717) is 0 Å². The molecule has 2 N–H and O–H groups in total. The summed E-state index contributed by atoms with van der Waals surface area (Å²) in [6, 6.07) is 1.77. The van der Waals surface area contributed by atoms with Crippen molar-refractivity contribution in [1.82, 2.24) is 0 Å². The molecule has 0 saturated carbocycles. The molecule has 7 heteroatoms. The molecule has 0 aliphatic carbocycles. The van der Waals surface area contributed by atoms with E-state index in [-0.39, 0.29) is 36.0 Å². The Morgan fingerprint density at radius 2 is 1.76 bits per heavy atom. The summed E-state index contributed by atoms with van der Waals surface area (Å²) in [4.78, 5) is 1.53. The number of nitrogens with zero attached hydrogens (tertiary/aromatic N) is 1. The monoisotopic (exact) mass is 262 g/mol. The second kappa shape index (κ2) is 4.14. The molecule has 94 valence electrons. The average molecular weight is 262 g/mol. The summed E-state index contributed by atoms with van der Waals surface area (Å²) in [6.07, 6.45) is 0. The highest BCUT2D eigenvalue weighted by Gasteiger charge is 2.25. The van der Waals surface area contributed by atoms with Crippen LogP contribution < -0.4 is 10.6 Å². The molecule has 0 atom stereocenters. The van der Waals surface area contributed by atoms with E-state index in [4.69, 9.17) is 5.73 Å². The molecular formula is C10H12F2N2O2S. The van der Waals surface area contributed by atoms with Crippen LogP contribution in [0.15, 0.2) is 12.1 Å². The Hall–Kier alpha value is -1.37. The SMILES string of the molecule is Nc1cc(F)cc(F)c1N1CCS(=O)(=O)CC1. The van der Waals surface area contributed by atoms with Gasteiger partial charge in [-0.25, -0.2) is 17.2 Å². The molecule has 1 saturated heterocycles.